The van der Waals surface area contributed by atoms with Gasteiger partial charge in [0.2, 0.25) is 5.91 Å². The molecule has 2 atom stereocenters. The summed E-state index contributed by atoms with van der Waals surface area (Å²) in [6.07, 6.45) is 2.93. The second kappa shape index (κ2) is 10.5. The molecule has 2 aromatic carbocycles. The van der Waals surface area contributed by atoms with Crippen molar-refractivity contribution in [3.05, 3.63) is 95.3 Å². The summed E-state index contributed by atoms with van der Waals surface area (Å²) in [7, 11) is 0. The molecule has 1 aliphatic rings. The summed E-state index contributed by atoms with van der Waals surface area (Å²) in [6.45, 7) is 5.66. The van der Waals surface area contributed by atoms with Gasteiger partial charge in [0.15, 0.2) is 5.60 Å². The van der Waals surface area contributed by atoms with Gasteiger partial charge in [-0.2, -0.15) is 0 Å². The first-order chi connectivity index (χ1) is 17.2. The Labute approximate surface area is 214 Å². The maximum absolute atomic E-state index is 12.9. The zero-order valence-electron chi connectivity index (χ0n) is 20.4. The molecule has 0 aliphatic carbocycles. The zero-order valence-corrected chi connectivity index (χ0v) is 21.3. The van der Waals surface area contributed by atoms with Gasteiger partial charge >= 0.3 is 5.97 Å². The fourth-order valence-corrected chi connectivity index (χ4v) is 4.82. The lowest BCUT2D eigenvalue weighted by atomic mass is 9.97. The molecule has 1 aliphatic heterocycles. The van der Waals surface area contributed by atoms with Crippen LogP contribution in [0, 0.1) is 0 Å². The Morgan fingerprint density at radius 3 is 2.36 bits per heavy atom. The van der Waals surface area contributed by atoms with Crippen molar-refractivity contribution in [2.24, 2.45) is 0 Å². The molecule has 2 heterocycles. The molecular weight excluding hydrogens is 476 g/mol. The van der Waals surface area contributed by atoms with Gasteiger partial charge < -0.3 is 9.47 Å². The molecule has 0 bridgehead atoms. The summed E-state index contributed by atoms with van der Waals surface area (Å²) in [5.74, 6) is -0.146. The number of hydrogen-bond donors (Lipinski definition) is 1. The third kappa shape index (κ3) is 5.76. The number of rotatable bonds is 9. The third-order valence-corrected chi connectivity index (χ3v) is 7.19. The number of thioether (sulfide) groups is 1. The van der Waals surface area contributed by atoms with Gasteiger partial charge in [0.1, 0.15) is 17.1 Å². The Hall–Kier alpha value is -3.65. The Morgan fingerprint density at radius 1 is 1.06 bits per heavy atom. The van der Waals surface area contributed by atoms with Crippen LogP contribution in [0.4, 0.5) is 4.79 Å². The van der Waals surface area contributed by atoms with Crippen molar-refractivity contribution in [3.8, 4) is 5.75 Å². The summed E-state index contributed by atoms with van der Waals surface area (Å²) in [6, 6.07) is 20.0. The number of pyridine rings is 1. The highest BCUT2D eigenvalue weighted by atomic mass is 32.2. The number of carbonyl (C=O) groups excluding carboxylic acids is 3. The van der Waals surface area contributed by atoms with E-state index in [1.54, 1.807) is 56.4 Å². The largest absolute Gasteiger partial charge is 0.489 e. The molecular formula is C28H28N2O5S. The predicted octanol–water partition coefficient (Wildman–Crippen LogP) is 5.08. The first-order valence-electron chi connectivity index (χ1n) is 11.7. The van der Waals surface area contributed by atoms with E-state index in [0.29, 0.717) is 17.7 Å². The number of esters is 1. The van der Waals surface area contributed by atoms with Gasteiger partial charge in [-0.25, -0.2) is 4.79 Å². The number of nitrogens with one attached hydrogen (secondary N) is 1. The molecule has 2 unspecified atom stereocenters. The first kappa shape index (κ1) is 25.4. The highest BCUT2D eigenvalue weighted by molar-refractivity contribution is 8.16. The Morgan fingerprint density at radius 2 is 1.78 bits per heavy atom. The number of nitrogens with zero attached hydrogens (tertiary/aromatic N) is 1. The van der Waals surface area contributed by atoms with Crippen molar-refractivity contribution >= 4 is 28.9 Å². The van der Waals surface area contributed by atoms with Crippen LogP contribution in [0.25, 0.3) is 0 Å². The number of ether oxygens (including phenoxy) is 2. The Kier molecular flexibility index (Phi) is 7.45. The standard InChI is InChI=1S/C28H28N2O5S/c1-4-22-13-12-21(17-29-22)27(2,35-24(31)20-8-6-5-7-9-20)18-34-23-14-10-19(11-15-23)16-28(3)25(32)30-26(33)36-28/h5-15,17H,4,16,18H2,1-3H3,(H,30,32,33). The van der Waals surface area contributed by atoms with Crippen molar-refractivity contribution in [2.45, 2.75) is 44.0 Å². The quantitative estimate of drug-likeness (QED) is 0.406. The van der Waals surface area contributed by atoms with Gasteiger partial charge in [-0.15, -0.1) is 0 Å². The number of hydrogen-bond acceptors (Lipinski definition) is 7. The van der Waals surface area contributed by atoms with E-state index in [-0.39, 0.29) is 17.8 Å². The smallest absolute Gasteiger partial charge is 0.339 e. The van der Waals surface area contributed by atoms with E-state index in [1.165, 1.54) is 0 Å². The summed E-state index contributed by atoms with van der Waals surface area (Å²) in [4.78, 5) is 41.1. The molecule has 0 radical (unpaired) electrons. The molecule has 4 rings (SSSR count). The fraction of sp³-hybridized carbons (Fsp3) is 0.286. The number of amides is 2. The summed E-state index contributed by atoms with van der Waals surface area (Å²) in [5, 5.41) is 2.01. The summed E-state index contributed by atoms with van der Waals surface area (Å²) >= 11 is 1.01. The summed E-state index contributed by atoms with van der Waals surface area (Å²) < 4.78 is 11.2. The highest BCUT2D eigenvalue weighted by Crippen LogP contribution is 2.35. The minimum atomic E-state index is -1.09. The van der Waals surface area contributed by atoms with Crippen molar-refractivity contribution in [1.29, 1.82) is 0 Å². The number of imide groups is 1. The van der Waals surface area contributed by atoms with Gasteiger partial charge in [-0.1, -0.05) is 43.3 Å². The van der Waals surface area contributed by atoms with E-state index in [9.17, 15) is 14.4 Å². The van der Waals surface area contributed by atoms with Crippen LogP contribution in [0.2, 0.25) is 0 Å². The molecule has 0 spiro atoms. The fourth-order valence-electron chi connectivity index (χ4n) is 3.89. The van der Waals surface area contributed by atoms with Crippen LogP contribution in [0.15, 0.2) is 72.9 Å². The Bertz CT molecular complexity index is 1250. The van der Waals surface area contributed by atoms with E-state index in [0.717, 1.165) is 35.0 Å². The third-order valence-electron chi connectivity index (χ3n) is 6.12. The second-order valence-corrected chi connectivity index (χ2v) is 10.5. The molecule has 1 aromatic heterocycles. The number of aromatic nitrogens is 1. The maximum Gasteiger partial charge on any atom is 0.339 e. The van der Waals surface area contributed by atoms with Gasteiger partial charge in [-0.05, 0) is 74.3 Å². The van der Waals surface area contributed by atoms with E-state index in [2.05, 4.69) is 10.3 Å². The molecule has 3 aromatic rings. The molecule has 186 valence electrons. The van der Waals surface area contributed by atoms with Crippen LogP contribution in [0.5, 0.6) is 5.75 Å². The van der Waals surface area contributed by atoms with E-state index in [1.807, 2.05) is 37.3 Å². The van der Waals surface area contributed by atoms with Crippen molar-refractivity contribution in [3.63, 3.8) is 0 Å². The van der Waals surface area contributed by atoms with Gasteiger partial charge in [0.25, 0.3) is 5.24 Å². The lowest BCUT2D eigenvalue weighted by Crippen LogP contribution is -2.36. The van der Waals surface area contributed by atoms with Crippen LogP contribution in [-0.4, -0.2) is 33.5 Å². The molecule has 1 N–H and O–H groups in total. The van der Waals surface area contributed by atoms with E-state index < -0.39 is 16.3 Å². The lowest BCUT2D eigenvalue weighted by molar-refractivity contribution is -0.121. The van der Waals surface area contributed by atoms with E-state index in [4.69, 9.17) is 9.47 Å². The van der Waals surface area contributed by atoms with Crippen LogP contribution in [-0.2, 0) is 28.0 Å². The maximum atomic E-state index is 12.9. The molecule has 8 heteroatoms. The van der Waals surface area contributed by atoms with Crippen LogP contribution < -0.4 is 10.1 Å². The molecule has 7 nitrogen and oxygen atoms in total. The average molecular weight is 505 g/mol. The van der Waals surface area contributed by atoms with Crippen LogP contribution >= 0.6 is 11.8 Å². The predicted molar refractivity (Wildman–Crippen MR) is 138 cm³/mol. The SMILES string of the molecule is CCc1ccc(C(C)(COc2ccc(CC3(C)SC(=O)NC3=O)cc2)OC(=O)c2ccccc2)cn1. The molecule has 1 fully saturated rings. The molecule has 0 saturated carbocycles. The lowest BCUT2D eigenvalue weighted by Gasteiger charge is -2.30. The normalized spacial score (nSPS) is 18.9. The average Bonchev–Trinajstić information content (AvgIpc) is 3.14. The zero-order chi connectivity index (χ0) is 25.8. The number of benzene rings is 2. The monoisotopic (exact) mass is 504 g/mol. The van der Waals surface area contributed by atoms with Crippen molar-refractivity contribution < 1.29 is 23.9 Å². The van der Waals surface area contributed by atoms with Gasteiger partial charge in [0, 0.05) is 17.5 Å². The van der Waals surface area contributed by atoms with Crippen LogP contribution in [0.3, 0.4) is 0 Å². The minimum absolute atomic E-state index is 0.0720. The van der Waals surface area contributed by atoms with Gasteiger partial charge in [0.05, 0.1) is 5.56 Å². The van der Waals surface area contributed by atoms with E-state index >= 15 is 0 Å². The first-order valence-corrected chi connectivity index (χ1v) is 12.5. The second-order valence-electron chi connectivity index (χ2n) is 9.06. The molecule has 2 amide bonds. The molecule has 36 heavy (non-hydrogen) atoms. The topological polar surface area (TPSA) is 94.6 Å². The highest BCUT2D eigenvalue weighted by Gasteiger charge is 2.43. The van der Waals surface area contributed by atoms with Crippen molar-refractivity contribution in [1.82, 2.24) is 10.3 Å². The molecule has 1 saturated heterocycles. The van der Waals surface area contributed by atoms with Crippen molar-refractivity contribution in [2.75, 3.05) is 6.61 Å². The minimum Gasteiger partial charge on any atom is -0.489 e. The number of aryl methyl sites for hydroxylation is 1. The Balaban J connectivity index is 1.49. The summed E-state index contributed by atoms with van der Waals surface area (Å²) in [5.41, 5.74) is 1.93. The number of carbonyl (C=O) groups is 3. The van der Waals surface area contributed by atoms with Gasteiger partial charge in [-0.3, -0.25) is 19.9 Å². The van der Waals surface area contributed by atoms with Crippen LogP contribution in [0.1, 0.15) is 48.0 Å².